The monoisotopic (exact) mass is 1090 g/mol. The van der Waals surface area contributed by atoms with E-state index in [1.54, 1.807) is 113 Å². The average Bonchev–Trinajstić information content (AvgIpc) is 3.41. The molecule has 8 rings (SSSR count). The summed E-state index contributed by atoms with van der Waals surface area (Å²) >= 11 is 11.3. The fraction of sp³-hybridized carbons (Fsp3) is 0.158. The van der Waals surface area contributed by atoms with Gasteiger partial charge in [0.1, 0.15) is 46.1 Å². The summed E-state index contributed by atoms with van der Waals surface area (Å²) in [4.78, 5) is 57.8. The van der Waals surface area contributed by atoms with Gasteiger partial charge in [-0.2, -0.15) is 0 Å². The highest BCUT2D eigenvalue weighted by Gasteiger charge is 2.23. The van der Waals surface area contributed by atoms with Crippen LogP contribution in [0.4, 0.5) is 13.2 Å². The summed E-state index contributed by atoms with van der Waals surface area (Å²) in [7, 11) is 0. The maximum Gasteiger partial charge on any atom is 0.237 e. The Hall–Kier alpha value is -8.55. The molecular formula is C57H57Cl2F3N8O7. The Morgan fingerprint density at radius 2 is 0.896 bits per heavy atom. The third kappa shape index (κ3) is 26.0. The summed E-state index contributed by atoms with van der Waals surface area (Å²) in [5, 5.41) is 4.28. The fourth-order valence-corrected chi connectivity index (χ4v) is 5.12. The third-order valence-corrected chi connectivity index (χ3v) is 10.0. The van der Waals surface area contributed by atoms with Crippen molar-refractivity contribution in [2.75, 3.05) is 0 Å². The molecule has 0 bridgehead atoms. The van der Waals surface area contributed by atoms with E-state index in [4.69, 9.17) is 54.6 Å². The molecule has 7 N–H and O–H groups in total. The number of pyridine rings is 4. The van der Waals surface area contributed by atoms with E-state index in [0.717, 1.165) is 16.7 Å². The smallest absolute Gasteiger partial charge is 0.237 e. The number of halogens is 5. The Morgan fingerprint density at radius 1 is 0.519 bits per heavy atom. The van der Waals surface area contributed by atoms with E-state index in [-0.39, 0.29) is 17.5 Å². The lowest BCUT2D eigenvalue weighted by atomic mass is 10.0. The van der Waals surface area contributed by atoms with E-state index in [1.807, 2.05) is 32.0 Å². The van der Waals surface area contributed by atoms with E-state index < -0.39 is 22.9 Å². The van der Waals surface area contributed by atoms with Crippen LogP contribution >= 0.6 is 23.2 Å². The van der Waals surface area contributed by atoms with Crippen molar-refractivity contribution < 1.29 is 46.6 Å². The summed E-state index contributed by atoms with van der Waals surface area (Å²) in [6.45, 7) is 11.0. The molecule has 0 spiro atoms. The molecule has 77 heavy (non-hydrogen) atoms. The number of carbonyl (C=O) groups is 4. The summed E-state index contributed by atoms with van der Waals surface area (Å²) in [5.74, 6) is 1.29. The van der Waals surface area contributed by atoms with Gasteiger partial charge in [0.2, 0.25) is 29.5 Å². The lowest BCUT2D eigenvalue weighted by Gasteiger charge is -2.22. The average molecular weight is 1090 g/mol. The minimum atomic E-state index is -0.861. The molecule has 0 radical (unpaired) electrons. The number of hydrogen-bond donors (Lipinski definition) is 4. The lowest BCUT2D eigenvalue weighted by Crippen LogP contribution is -2.50. The SMILES string of the molecule is CC(C)(N)C(N)=O.CC(C)(NCc1ccc(Oc2ccc(Cl)cc2)nc1)C(N)=O.Cc1ccc(Cl)nc1.Cc1ccc(Oc2ccc(F)cc2)nc1.O=Cc1ccc(F)cc1.O=Cc1ccc(Oc2ccc(F)cc2)nc1. The first-order chi connectivity index (χ1) is 36.4. The van der Waals surface area contributed by atoms with Gasteiger partial charge in [-0.25, -0.2) is 33.1 Å². The molecule has 0 aliphatic heterocycles. The van der Waals surface area contributed by atoms with Gasteiger partial charge >= 0.3 is 0 Å². The third-order valence-electron chi connectivity index (χ3n) is 9.55. The largest absolute Gasteiger partial charge is 0.439 e. The molecule has 2 amide bonds. The van der Waals surface area contributed by atoms with Crippen LogP contribution < -0.4 is 36.7 Å². The number of benzene rings is 4. The molecule has 8 aromatic rings. The summed E-state index contributed by atoms with van der Waals surface area (Å²) in [6, 6.07) is 38.1. The van der Waals surface area contributed by atoms with Crippen LogP contribution in [0.5, 0.6) is 34.9 Å². The van der Waals surface area contributed by atoms with Crippen LogP contribution in [0.3, 0.4) is 0 Å². The number of hydrogen-bond acceptors (Lipinski definition) is 13. The molecule has 0 unspecified atom stereocenters. The molecule has 0 saturated heterocycles. The van der Waals surface area contributed by atoms with E-state index in [1.165, 1.54) is 66.9 Å². The van der Waals surface area contributed by atoms with Crippen molar-refractivity contribution in [3.05, 3.63) is 226 Å². The molecule has 4 aromatic heterocycles. The van der Waals surface area contributed by atoms with Crippen molar-refractivity contribution in [2.45, 2.75) is 59.2 Å². The van der Waals surface area contributed by atoms with Gasteiger partial charge < -0.3 is 31.4 Å². The predicted octanol–water partition coefficient (Wildman–Crippen LogP) is 11.9. The van der Waals surface area contributed by atoms with Crippen molar-refractivity contribution >= 4 is 47.6 Å². The van der Waals surface area contributed by atoms with E-state index >= 15 is 0 Å². The number of nitrogens with one attached hydrogen (secondary N) is 1. The Morgan fingerprint density at radius 3 is 1.23 bits per heavy atom. The van der Waals surface area contributed by atoms with Crippen LogP contribution in [-0.4, -0.2) is 55.4 Å². The Kier molecular flexibility index (Phi) is 26.1. The van der Waals surface area contributed by atoms with Crippen molar-refractivity contribution in [1.29, 1.82) is 0 Å². The highest BCUT2D eigenvalue weighted by Crippen LogP contribution is 2.23. The minimum Gasteiger partial charge on any atom is -0.439 e. The fourth-order valence-electron chi connectivity index (χ4n) is 4.88. The van der Waals surface area contributed by atoms with Crippen molar-refractivity contribution in [2.24, 2.45) is 17.2 Å². The molecule has 4 heterocycles. The number of aryl methyl sites for hydroxylation is 2. The van der Waals surface area contributed by atoms with Crippen LogP contribution in [0.25, 0.3) is 0 Å². The molecule has 0 aliphatic carbocycles. The second kappa shape index (κ2) is 32.0. The molecule has 0 saturated carbocycles. The highest BCUT2D eigenvalue weighted by atomic mass is 35.5. The number of nitrogens with two attached hydrogens (primary N) is 3. The first-order valence-electron chi connectivity index (χ1n) is 23.0. The number of aromatic nitrogens is 4. The Labute approximate surface area is 454 Å². The molecule has 0 aliphatic rings. The highest BCUT2D eigenvalue weighted by molar-refractivity contribution is 6.30. The standard InChI is InChI=1S/C16H18ClN3O2.C12H8FNO2.C12H10FNO.C7H5FO.C6H6ClN.C4H10N2O/c1-16(2,15(18)21)20-10-11-3-8-14(19-9-11)22-13-6-4-12(17)5-7-13;13-10-2-4-11(5-3-10)16-12-6-1-9(8-15)7-14-12;1-9-2-7-12(14-8-9)15-11-5-3-10(13)4-6-11;8-7-3-1-6(5-9)2-4-7;1-5-2-3-6(7)8-4-5;1-4(2,6)3(5)7/h3-9,20H,10H2,1-2H3,(H2,18,21);1-8H;2-8H,1H3;1-5H;2-4H,1H3;6H2,1-2H3,(H2,5,7). The van der Waals surface area contributed by atoms with Crippen LogP contribution in [0, 0.1) is 31.3 Å². The molecule has 402 valence electrons. The van der Waals surface area contributed by atoms with Crippen molar-refractivity contribution in [1.82, 2.24) is 25.3 Å². The number of ether oxygens (including phenoxy) is 3. The second-order valence-electron chi connectivity index (χ2n) is 17.2. The number of aldehydes is 2. The van der Waals surface area contributed by atoms with Gasteiger partial charge in [-0.05, 0) is 167 Å². The number of nitrogens with zero attached hydrogens (tertiary/aromatic N) is 4. The summed E-state index contributed by atoms with van der Waals surface area (Å²) in [5.41, 5.74) is 17.8. The van der Waals surface area contributed by atoms with E-state index in [2.05, 4.69) is 25.3 Å². The molecular weight excluding hydrogens is 1040 g/mol. The Bertz CT molecular complexity index is 2960. The molecule has 0 fully saturated rings. The van der Waals surface area contributed by atoms with Crippen LogP contribution in [0.2, 0.25) is 10.2 Å². The van der Waals surface area contributed by atoms with Crippen LogP contribution in [0.1, 0.15) is 65.1 Å². The van der Waals surface area contributed by atoms with E-state index in [9.17, 15) is 32.3 Å². The number of rotatable bonds is 13. The lowest BCUT2D eigenvalue weighted by molar-refractivity contribution is -0.123. The number of amides is 2. The Balaban J connectivity index is 0.000000255. The van der Waals surface area contributed by atoms with Crippen molar-refractivity contribution in [3.8, 4) is 34.9 Å². The normalized spacial score (nSPS) is 10.2. The minimum absolute atomic E-state index is 0.279. The van der Waals surface area contributed by atoms with Crippen LogP contribution in [-0.2, 0) is 16.1 Å². The first-order valence-corrected chi connectivity index (χ1v) is 23.7. The molecule has 0 atom stereocenters. The summed E-state index contributed by atoms with van der Waals surface area (Å²) < 4.78 is 53.7. The maximum atomic E-state index is 12.6. The van der Waals surface area contributed by atoms with Crippen molar-refractivity contribution in [3.63, 3.8) is 0 Å². The van der Waals surface area contributed by atoms with Gasteiger partial charge in [0.05, 0.1) is 11.1 Å². The molecule has 4 aromatic carbocycles. The maximum absolute atomic E-state index is 12.6. The zero-order chi connectivity index (χ0) is 57.0. The van der Waals surface area contributed by atoms with Gasteiger partial charge in [-0.1, -0.05) is 41.4 Å². The number of carbonyl (C=O) groups excluding carboxylic acids is 4. The second-order valence-corrected chi connectivity index (χ2v) is 18.0. The predicted molar refractivity (Wildman–Crippen MR) is 291 cm³/mol. The quantitative estimate of drug-likeness (QED) is 0.0621. The first kappa shape index (κ1) is 62.7. The molecule has 20 heteroatoms. The summed E-state index contributed by atoms with van der Waals surface area (Å²) in [6.07, 6.45) is 7.94. The van der Waals surface area contributed by atoms with Gasteiger partial charge in [0, 0.05) is 65.7 Å². The van der Waals surface area contributed by atoms with Gasteiger partial charge in [0.15, 0.2) is 6.29 Å². The van der Waals surface area contributed by atoms with Crippen LogP contribution in [0.15, 0.2) is 170 Å². The van der Waals surface area contributed by atoms with Gasteiger partial charge in [-0.15, -0.1) is 0 Å². The zero-order valence-electron chi connectivity index (χ0n) is 42.8. The molecule has 15 nitrogen and oxygen atoms in total. The van der Waals surface area contributed by atoms with Gasteiger partial charge in [-0.3, -0.25) is 24.5 Å². The topological polar surface area (TPSA) is 238 Å². The van der Waals surface area contributed by atoms with E-state index in [0.29, 0.717) is 75.3 Å². The number of primary amides is 2. The van der Waals surface area contributed by atoms with Gasteiger partial charge in [0.25, 0.3) is 0 Å². The zero-order valence-corrected chi connectivity index (χ0v) is 44.3.